The highest BCUT2D eigenvalue weighted by atomic mass is 127. The van der Waals surface area contributed by atoms with E-state index < -0.39 is 0 Å². The van der Waals surface area contributed by atoms with E-state index in [1.165, 1.54) is 44.8 Å². The van der Waals surface area contributed by atoms with Gasteiger partial charge < -0.3 is 28.9 Å². The lowest BCUT2D eigenvalue weighted by Crippen LogP contribution is -3.00. The number of nitrogens with zero attached hydrogens (tertiary/aromatic N) is 2. The average molecular weight is 625 g/mol. The average Bonchev–Trinajstić information content (AvgIpc) is 2.81. The number of hydrogen-bond acceptors (Lipinski definition) is 1. The third kappa shape index (κ3) is 5.97. The van der Waals surface area contributed by atoms with Gasteiger partial charge in [-0.2, -0.15) is 4.57 Å². The molecule has 0 atom stereocenters. The van der Waals surface area contributed by atoms with Crippen molar-refractivity contribution in [2.45, 2.75) is 13.8 Å². The highest BCUT2D eigenvalue weighted by Gasteiger charge is 2.17. The molecule has 0 N–H and O–H groups in total. The molecule has 4 aromatic rings. The van der Waals surface area contributed by atoms with Crippen molar-refractivity contribution >= 4 is 33.8 Å². The number of aromatic nitrogens is 1. The van der Waals surface area contributed by atoms with Gasteiger partial charge in [0.2, 0.25) is 11.4 Å². The van der Waals surface area contributed by atoms with Crippen LogP contribution >= 0.6 is 15.9 Å². The molecule has 0 aliphatic rings. The summed E-state index contributed by atoms with van der Waals surface area (Å²) >= 11 is 3.56. The Bertz CT molecular complexity index is 1310. The predicted octanol–water partition coefficient (Wildman–Crippen LogP) is 4.46. The first-order valence-electron chi connectivity index (χ1n) is 11.1. The Morgan fingerprint density at radius 1 is 0.706 bits per heavy atom. The van der Waals surface area contributed by atoms with Gasteiger partial charge in [0.15, 0.2) is 0 Å². The van der Waals surface area contributed by atoms with Crippen LogP contribution in [0, 0.1) is 13.8 Å². The molecule has 4 heteroatoms. The van der Waals surface area contributed by atoms with Crippen LogP contribution in [0.25, 0.3) is 34.5 Å². The van der Waals surface area contributed by atoms with Crippen LogP contribution < -0.4 is 33.4 Å². The molecular formula is C30H30BrIN2. The zero-order valence-electron chi connectivity index (χ0n) is 20.3. The number of benzene rings is 3. The lowest BCUT2D eigenvalue weighted by atomic mass is 9.99. The van der Waals surface area contributed by atoms with Crippen LogP contribution in [0.1, 0.15) is 22.4 Å². The zero-order chi connectivity index (χ0) is 23.5. The molecule has 0 spiro atoms. The number of aryl methyl sites for hydroxylation is 2. The highest BCUT2D eigenvalue weighted by molar-refractivity contribution is 9.10. The fourth-order valence-corrected chi connectivity index (χ4v) is 4.16. The maximum Gasteiger partial charge on any atom is 0.213 e. The minimum Gasteiger partial charge on any atom is -1.00 e. The third-order valence-electron chi connectivity index (χ3n) is 6.18. The number of anilines is 1. The van der Waals surface area contributed by atoms with Gasteiger partial charge in [-0.05, 0) is 84.1 Å². The topological polar surface area (TPSA) is 7.12 Å². The molecular weight excluding hydrogens is 595 g/mol. The van der Waals surface area contributed by atoms with Crippen molar-refractivity contribution in [3.05, 3.63) is 106 Å². The molecule has 0 amide bonds. The Hall–Kier alpha value is -2.44. The van der Waals surface area contributed by atoms with Crippen molar-refractivity contribution in [2.75, 3.05) is 19.0 Å². The normalized spacial score (nSPS) is 10.9. The molecule has 0 fully saturated rings. The zero-order valence-corrected chi connectivity index (χ0v) is 24.1. The van der Waals surface area contributed by atoms with Gasteiger partial charge in [0.05, 0.1) is 0 Å². The summed E-state index contributed by atoms with van der Waals surface area (Å²) in [4.78, 5) is 2.12. The van der Waals surface area contributed by atoms with Crippen molar-refractivity contribution in [3.63, 3.8) is 0 Å². The monoisotopic (exact) mass is 624 g/mol. The van der Waals surface area contributed by atoms with Gasteiger partial charge in [0, 0.05) is 48.0 Å². The summed E-state index contributed by atoms with van der Waals surface area (Å²) in [5.74, 6) is 0. The van der Waals surface area contributed by atoms with Crippen LogP contribution in [0.4, 0.5) is 5.69 Å². The quantitative estimate of drug-likeness (QED) is 0.235. The second-order valence-corrected chi connectivity index (χ2v) is 9.65. The van der Waals surface area contributed by atoms with E-state index in [0.717, 1.165) is 10.2 Å². The van der Waals surface area contributed by atoms with Crippen molar-refractivity contribution in [1.82, 2.24) is 0 Å². The lowest BCUT2D eigenvalue weighted by molar-refractivity contribution is -0.662. The van der Waals surface area contributed by atoms with Gasteiger partial charge in [-0.3, -0.25) is 0 Å². The van der Waals surface area contributed by atoms with Crippen molar-refractivity contribution < 1.29 is 28.5 Å². The summed E-state index contributed by atoms with van der Waals surface area (Å²) in [7, 11) is 6.27. The summed E-state index contributed by atoms with van der Waals surface area (Å²) in [6.45, 7) is 4.34. The molecule has 174 valence electrons. The first-order valence-corrected chi connectivity index (χ1v) is 11.9. The van der Waals surface area contributed by atoms with Gasteiger partial charge in [-0.1, -0.05) is 46.3 Å². The maximum atomic E-state index is 3.56. The predicted molar refractivity (Wildman–Crippen MR) is 145 cm³/mol. The summed E-state index contributed by atoms with van der Waals surface area (Å²) in [6.07, 6.45) is 4.39. The fourth-order valence-electron chi connectivity index (χ4n) is 3.89. The summed E-state index contributed by atoms with van der Waals surface area (Å²) in [5.41, 5.74) is 11.0. The Labute approximate surface area is 229 Å². The fraction of sp³-hybridized carbons (Fsp3) is 0.167. The number of hydrogen-bond donors (Lipinski definition) is 0. The molecule has 0 radical (unpaired) electrons. The van der Waals surface area contributed by atoms with E-state index in [9.17, 15) is 0 Å². The van der Waals surface area contributed by atoms with Gasteiger partial charge in [0.25, 0.3) is 0 Å². The van der Waals surface area contributed by atoms with Crippen molar-refractivity contribution in [3.8, 4) is 22.4 Å². The molecule has 0 aliphatic heterocycles. The van der Waals surface area contributed by atoms with E-state index in [4.69, 9.17) is 0 Å². The molecule has 3 aromatic carbocycles. The summed E-state index contributed by atoms with van der Waals surface area (Å²) in [5, 5.41) is 0. The number of pyridine rings is 1. The highest BCUT2D eigenvalue weighted by Crippen LogP contribution is 2.28. The van der Waals surface area contributed by atoms with Crippen LogP contribution in [0.15, 0.2) is 83.3 Å². The lowest BCUT2D eigenvalue weighted by Gasteiger charge is -2.12. The Balaban J connectivity index is 0.00000324. The molecule has 34 heavy (non-hydrogen) atoms. The molecule has 0 saturated heterocycles. The maximum absolute atomic E-state index is 3.56. The second kappa shape index (κ2) is 11.3. The molecule has 0 aliphatic carbocycles. The van der Waals surface area contributed by atoms with Crippen molar-refractivity contribution in [2.24, 2.45) is 7.05 Å². The number of rotatable bonds is 5. The molecule has 4 rings (SSSR count). The summed E-state index contributed by atoms with van der Waals surface area (Å²) < 4.78 is 3.36. The first-order chi connectivity index (χ1) is 15.8. The van der Waals surface area contributed by atoms with Crippen LogP contribution in [-0.4, -0.2) is 14.1 Å². The van der Waals surface area contributed by atoms with Gasteiger partial charge in [-0.15, -0.1) is 0 Å². The second-order valence-electron chi connectivity index (χ2n) is 8.74. The van der Waals surface area contributed by atoms with Crippen molar-refractivity contribution in [1.29, 1.82) is 0 Å². The molecule has 1 aromatic heterocycles. The van der Waals surface area contributed by atoms with Gasteiger partial charge in [-0.25, -0.2) is 0 Å². The molecule has 0 saturated carbocycles. The largest absolute Gasteiger partial charge is 1.00 e. The van der Waals surface area contributed by atoms with E-state index in [1.807, 2.05) is 0 Å². The molecule has 0 unspecified atom stereocenters. The van der Waals surface area contributed by atoms with E-state index in [2.05, 4.69) is 151 Å². The van der Waals surface area contributed by atoms with E-state index in [0.29, 0.717) is 0 Å². The Morgan fingerprint density at radius 3 is 1.97 bits per heavy atom. The SMILES string of the molecule is Cc1ccc(-c2cc(-c3ccc(Br)cc3)cc(C=Cc3ccc(N(C)C)cc3)[n+]2C)cc1C.[I-]. The van der Waals surface area contributed by atoms with Crippen LogP contribution in [0.2, 0.25) is 0 Å². The van der Waals surface area contributed by atoms with Gasteiger partial charge >= 0.3 is 0 Å². The van der Waals surface area contributed by atoms with Gasteiger partial charge in [0.1, 0.15) is 7.05 Å². The van der Waals surface area contributed by atoms with E-state index in [-0.39, 0.29) is 24.0 Å². The molecule has 0 bridgehead atoms. The standard InChI is InChI=1S/C30H30BrN2.HI/c1-21-6-10-25(18-22(21)2)30-20-26(24-11-13-27(31)14-12-24)19-29(33(30)5)17-9-23-7-15-28(16-8-23)32(3)4;/h6-20H,1-5H3;1H/q+1;/p-1. The smallest absolute Gasteiger partial charge is 0.213 e. The molecule has 1 heterocycles. The van der Waals surface area contributed by atoms with E-state index in [1.54, 1.807) is 0 Å². The Kier molecular flexibility index (Phi) is 8.72. The summed E-state index contributed by atoms with van der Waals surface area (Å²) in [6, 6.07) is 28.4. The van der Waals surface area contributed by atoms with E-state index >= 15 is 0 Å². The Morgan fingerprint density at radius 2 is 1.35 bits per heavy atom. The third-order valence-corrected chi connectivity index (χ3v) is 6.71. The number of halogens is 2. The first kappa shape index (κ1) is 26.2. The minimum absolute atomic E-state index is 0. The minimum atomic E-state index is 0. The molecule has 2 nitrogen and oxygen atoms in total. The van der Waals surface area contributed by atoms with Crippen LogP contribution in [0.3, 0.4) is 0 Å². The van der Waals surface area contributed by atoms with Crippen LogP contribution in [0.5, 0.6) is 0 Å². The van der Waals surface area contributed by atoms with Crippen LogP contribution in [-0.2, 0) is 7.05 Å².